The van der Waals surface area contributed by atoms with Crippen LogP contribution >= 0.6 is 11.6 Å². The maximum Gasteiger partial charge on any atom is 0.263 e. The van der Waals surface area contributed by atoms with Crippen molar-refractivity contribution >= 4 is 40.4 Å². The summed E-state index contributed by atoms with van der Waals surface area (Å²) in [6, 6.07) is 1.50. The van der Waals surface area contributed by atoms with Gasteiger partial charge in [-0.25, -0.2) is 0 Å². The fourth-order valence-electron chi connectivity index (χ4n) is 3.32. The number of furan rings is 1. The molecule has 3 aromatic rings. The summed E-state index contributed by atoms with van der Waals surface area (Å²) < 4.78 is 6.54. The highest BCUT2D eigenvalue weighted by molar-refractivity contribution is 6.32. The summed E-state index contributed by atoms with van der Waals surface area (Å²) in [5, 5.41) is 7.28. The van der Waals surface area contributed by atoms with Gasteiger partial charge in [-0.1, -0.05) is 0 Å². The molecule has 11 nitrogen and oxygen atoms in total. The van der Waals surface area contributed by atoms with E-state index in [0.717, 1.165) is 0 Å². The second-order valence-corrected chi connectivity index (χ2v) is 7.23. The molecule has 2 N–H and O–H groups in total. The van der Waals surface area contributed by atoms with Crippen molar-refractivity contribution in [1.29, 1.82) is 0 Å². The first kappa shape index (κ1) is 20.0. The fourth-order valence-corrected chi connectivity index (χ4v) is 3.52. The predicted molar refractivity (Wildman–Crippen MR) is 109 cm³/mol. The Kier molecular flexibility index (Phi) is 5.44. The van der Waals surface area contributed by atoms with E-state index in [2.05, 4.69) is 20.4 Å². The number of nitrogens with one attached hydrogen (secondary N) is 2. The molecule has 1 saturated heterocycles. The average molecular weight is 434 g/mol. The first-order valence-corrected chi connectivity index (χ1v) is 9.78. The van der Waals surface area contributed by atoms with E-state index in [1.54, 1.807) is 7.05 Å². The summed E-state index contributed by atoms with van der Waals surface area (Å²) in [7, 11) is 1.70. The molecule has 0 unspecified atom stereocenters. The van der Waals surface area contributed by atoms with Gasteiger partial charge in [-0.2, -0.15) is 10.1 Å². The Morgan fingerprint density at radius 3 is 2.83 bits per heavy atom. The lowest BCUT2D eigenvalue weighted by molar-refractivity contribution is -0.121. The van der Waals surface area contributed by atoms with Crippen molar-refractivity contribution in [2.45, 2.75) is 6.42 Å². The Labute approximate surface area is 175 Å². The summed E-state index contributed by atoms with van der Waals surface area (Å²) in [6.07, 6.45) is 2.98. The largest absolute Gasteiger partial charge is 0.452 e. The molecule has 3 aromatic heterocycles. The predicted octanol–water partition coefficient (Wildman–Crippen LogP) is 0.372. The Hall–Kier alpha value is -3.34. The highest BCUT2D eigenvalue weighted by Crippen LogP contribution is 2.19. The van der Waals surface area contributed by atoms with Gasteiger partial charge in [0.25, 0.3) is 11.5 Å². The summed E-state index contributed by atoms with van der Waals surface area (Å²) in [5.74, 6) is -0.151. The van der Waals surface area contributed by atoms with E-state index in [1.807, 2.05) is 4.90 Å². The number of carbonyl (C=O) groups excluding carboxylic acids is 2. The Morgan fingerprint density at radius 1 is 1.23 bits per heavy atom. The Balaban J connectivity index is 1.62. The molecule has 4 rings (SSSR count). The van der Waals surface area contributed by atoms with Gasteiger partial charge in [0.15, 0.2) is 5.65 Å². The van der Waals surface area contributed by atoms with E-state index >= 15 is 0 Å². The molecule has 0 spiro atoms. The second kappa shape index (κ2) is 8.19. The number of aromatic amines is 1. The van der Waals surface area contributed by atoms with Crippen LogP contribution in [-0.2, 0) is 11.8 Å². The van der Waals surface area contributed by atoms with Crippen molar-refractivity contribution in [3.05, 3.63) is 39.7 Å². The van der Waals surface area contributed by atoms with Crippen LogP contribution in [0.4, 0.5) is 5.95 Å². The van der Waals surface area contributed by atoms with Crippen LogP contribution < -0.4 is 15.8 Å². The van der Waals surface area contributed by atoms with Gasteiger partial charge in [0.2, 0.25) is 17.1 Å². The standard InChI is InChI=1S/C18H20ClN7O4/c1-24-15-12(10-21-24)16(28)23-18(22-15)26-6-4-20-13(27)2-5-25(7-8-26)17(29)11-3-9-30-14(11)19/h3,9-10H,2,4-8H2,1H3,(H,20,27)(H,22,23,28). The number of anilines is 1. The minimum Gasteiger partial charge on any atom is -0.452 e. The van der Waals surface area contributed by atoms with Crippen molar-refractivity contribution in [2.24, 2.45) is 7.05 Å². The molecule has 0 aliphatic carbocycles. The van der Waals surface area contributed by atoms with Gasteiger partial charge in [-0.15, -0.1) is 0 Å². The van der Waals surface area contributed by atoms with E-state index in [9.17, 15) is 14.4 Å². The van der Waals surface area contributed by atoms with Crippen LogP contribution in [0.3, 0.4) is 0 Å². The quantitative estimate of drug-likeness (QED) is 0.597. The SMILES string of the molecule is Cn1ncc2c(=O)[nH]c(N3CCNC(=O)CCN(C(=O)c4ccoc4Cl)CC3)nc21. The monoisotopic (exact) mass is 433 g/mol. The van der Waals surface area contributed by atoms with E-state index in [1.165, 1.54) is 28.1 Å². The van der Waals surface area contributed by atoms with Crippen LogP contribution in [0, 0.1) is 0 Å². The van der Waals surface area contributed by atoms with E-state index in [-0.39, 0.29) is 41.1 Å². The molecule has 0 saturated carbocycles. The molecule has 0 aromatic carbocycles. The number of carbonyl (C=O) groups is 2. The normalized spacial score (nSPS) is 16.0. The van der Waals surface area contributed by atoms with Crippen LogP contribution in [0.25, 0.3) is 11.0 Å². The zero-order valence-electron chi connectivity index (χ0n) is 16.2. The molecule has 1 aliphatic heterocycles. The van der Waals surface area contributed by atoms with Gasteiger partial charge >= 0.3 is 0 Å². The third-order valence-corrected chi connectivity index (χ3v) is 5.27. The zero-order chi connectivity index (χ0) is 21.3. The van der Waals surface area contributed by atoms with Crippen molar-refractivity contribution < 1.29 is 14.0 Å². The van der Waals surface area contributed by atoms with Crippen LogP contribution in [0.15, 0.2) is 27.7 Å². The second-order valence-electron chi connectivity index (χ2n) is 6.88. The topological polar surface area (TPSA) is 129 Å². The Morgan fingerprint density at radius 2 is 2.07 bits per heavy atom. The van der Waals surface area contributed by atoms with E-state index in [0.29, 0.717) is 43.2 Å². The molecule has 30 heavy (non-hydrogen) atoms. The zero-order valence-corrected chi connectivity index (χ0v) is 17.0. The van der Waals surface area contributed by atoms with Gasteiger partial charge in [-0.05, 0) is 17.7 Å². The van der Waals surface area contributed by atoms with Crippen molar-refractivity contribution in [1.82, 2.24) is 30.0 Å². The third-order valence-electron chi connectivity index (χ3n) is 4.98. The molecule has 1 aliphatic rings. The average Bonchev–Trinajstić information content (AvgIpc) is 3.32. The minimum atomic E-state index is -0.328. The van der Waals surface area contributed by atoms with Crippen LogP contribution in [0.5, 0.6) is 0 Å². The molecular weight excluding hydrogens is 414 g/mol. The van der Waals surface area contributed by atoms with Gasteiger partial charge in [-0.3, -0.25) is 24.0 Å². The number of amides is 2. The lowest BCUT2D eigenvalue weighted by atomic mass is 10.2. The number of aromatic nitrogens is 4. The van der Waals surface area contributed by atoms with Gasteiger partial charge in [0, 0.05) is 46.2 Å². The molecule has 1 fully saturated rings. The number of fused-ring (bicyclic) bond motifs is 1. The van der Waals surface area contributed by atoms with Crippen molar-refractivity contribution in [3.8, 4) is 0 Å². The molecule has 2 amide bonds. The number of halogens is 1. The molecule has 12 heteroatoms. The molecule has 0 atom stereocenters. The number of hydrogen-bond donors (Lipinski definition) is 2. The van der Waals surface area contributed by atoms with Gasteiger partial charge in [0.1, 0.15) is 5.39 Å². The first-order chi connectivity index (χ1) is 14.4. The molecular formula is C18H20ClN7O4. The fraction of sp³-hybridized carbons (Fsp3) is 0.389. The maximum absolute atomic E-state index is 12.9. The first-order valence-electron chi connectivity index (χ1n) is 9.40. The molecule has 4 heterocycles. The highest BCUT2D eigenvalue weighted by Gasteiger charge is 2.24. The number of nitrogens with zero attached hydrogens (tertiary/aromatic N) is 5. The van der Waals surface area contributed by atoms with Crippen LogP contribution in [-0.4, -0.2) is 69.2 Å². The number of rotatable bonds is 2. The minimum absolute atomic E-state index is 0.00561. The molecule has 0 radical (unpaired) electrons. The number of aryl methyl sites for hydroxylation is 1. The summed E-state index contributed by atoms with van der Waals surface area (Å²) in [5.41, 5.74) is 0.388. The van der Waals surface area contributed by atoms with Crippen LogP contribution in [0.1, 0.15) is 16.8 Å². The van der Waals surface area contributed by atoms with Crippen LogP contribution in [0.2, 0.25) is 5.22 Å². The third kappa shape index (κ3) is 3.88. The lowest BCUT2D eigenvalue weighted by Gasteiger charge is -2.29. The highest BCUT2D eigenvalue weighted by atomic mass is 35.5. The van der Waals surface area contributed by atoms with Crippen molar-refractivity contribution in [2.75, 3.05) is 37.6 Å². The van der Waals surface area contributed by atoms with E-state index < -0.39 is 0 Å². The van der Waals surface area contributed by atoms with E-state index in [4.69, 9.17) is 16.0 Å². The molecule has 0 bridgehead atoms. The number of hydrogen-bond acceptors (Lipinski definition) is 7. The number of H-pyrrole nitrogens is 1. The smallest absolute Gasteiger partial charge is 0.263 e. The lowest BCUT2D eigenvalue weighted by Crippen LogP contribution is -2.45. The maximum atomic E-state index is 12.9. The van der Waals surface area contributed by atoms with Gasteiger partial charge < -0.3 is 19.5 Å². The Bertz CT molecular complexity index is 1150. The summed E-state index contributed by atoms with van der Waals surface area (Å²) in [4.78, 5) is 48.0. The summed E-state index contributed by atoms with van der Waals surface area (Å²) in [6.45, 7) is 1.72. The van der Waals surface area contributed by atoms with Crippen molar-refractivity contribution in [3.63, 3.8) is 0 Å². The molecule has 158 valence electrons. The summed E-state index contributed by atoms with van der Waals surface area (Å²) >= 11 is 5.95. The van der Waals surface area contributed by atoms with Gasteiger partial charge in [0.05, 0.1) is 18.0 Å².